The predicted octanol–water partition coefficient (Wildman–Crippen LogP) is 2.04. The third kappa shape index (κ3) is 3.25. The first kappa shape index (κ1) is 19.2. The van der Waals surface area contributed by atoms with E-state index in [-0.39, 0.29) is 31.7 Å². The summed E-state index contributed by atoms with van der Waals surface area (Å²) in [5.74, 6) is -3.68. The largest absolute Gasteiger partial charge is 0.477 e. The molecule has 0 radical (unpaired) electrons. The van der Waals surface area contributed by atoms with Crippen LogP contribution < -0.4 is 15.6 Å². The number of fused-ring (bicyclic) bond motifs is 1. The highest BCUT2D eigenvalue weighted by atomic mass is 19.3. The maximum atomic E-state index is 15.2. The molecule has 2 heterocycles. The molecule has 1 atom stereocenters. The Labute approximate surface area is 151 Å². The zero-order chi connectivity index (χ0) is 19.9. The number of carboxylic acid groups (broad SMARTS) is 1. The van der Waals surface area contributed by atoms with Crippen LogP contribution in [0.3, 0.4) is 0 Å². The Balaban J connectivity index is 2.23. The van der Waals surface area contributed by atoms with Crippen LogP contribution >= 0.6 is 0 Å². The predicted molar refractivity (Wildman–Crippen MR) is 90.8 cm³/mol. The van der Waals surface area contributed by atoms with Gasteiger partial charge in [0.1, 0.15) is 17.1 Å². The molecule has 10 heteroatoms. The summed E-state index contributed by atoms with van der Waals surface area (Å²) >= 11 is 0. The molecule has 1 aliphatic rings. The van der Waals surface area contributed by atoms with Crippen molar-refractivity contribution in [1.29, 1.82) is 0 Å². The van der Waals surface area contributed by atoms with Crippen molar-refractivity contribution in [2.75, 3.05) is 24.5 Å². The van der Waals surface area contributed by atoms with Gasteiger partial charge in [0.15, 0.2) is 5.82 Å². The zero-order valence-corrected chi connectivity index (χ0v) is 14.3. The Morgan fingerprint density at radius 3 is 2.70 bits per heavy atom. The van der Waals surface area contributed by atoms with E-state index in [2.05, 4.69) is 5.32 Å². The van der Waals surface area contributed by atoms with Crippen LogP contribution in [0, 0.1) is 11.6 Å². The third-order valence-electron chi connectivity index (χ3n) is 4.63. The molecule has 1 aromatic carbocycles. The molecule has 2 aromatic rings. The van der Waals surface area contributed by atoms with Crippen LogP contribution in [0.2, 0.25) is 0 Å². The lowest BCUT2D eigenvalue weighted by molar-refractivity contribution is 0.0694. The molecular weight excluding hydrogens is 370 g/mol. The average molecular weight is 387 g/mol. The fraction of sp³-hybridized carbons (Fsp3) is 0.412. The minimum atomic E-state index is -2.70. The van der Waals surface area contributed by atoms with Gasteiger partial charge >= 0.3 is 5.97 Å². The molecule has 1 unspecified atom stereocenters. The average Bonchev–Trinajstić information content (AvgIpc) is 2.62. The minimum absolute atomic E-state index is 0.103. The van der Waals surface area contributed by atoms with Gasteiger partial charge in [-0.3, -0.25) is 4.79 Å². The molecule has 0 saturated carbocycles. The second-order valence-electron chi connectivity index (χ2n) is 6.22. The lowest BCUT2D eigenvalue weighted by Crippen LogP contribution is -2.54. The molecule has 146 valence electrons. The number of benzene rings is 1. The molecule has 3 rings (SSSR count). The summed E-state index contributed by atoms with van der Waals surface area (Å²) in [5.41, 5.74) is -2.36. The number of aromatic carboxylic acids is 1. The maximum absolute atomic E-state index is 15.2. The van der Waals surface area contributed by atoms with Crippen molar-refractivity contribution in [3.8, 4) is 0 Å². The van der Waals surface area contributed by atoms with Gasteiger partial charge in [-0.05, 0) is 13.0 Å². The number of nitrogens with one attached hydrogen (secondary N) is 1. The van der Waals surface area contributed by atoms with Gasteiger partial charge in [-0.15, -0.1) is 0 Å². The van der Waals surface area contributed by atoms with Crippen LogP contribution in [0.25, 0.3) is 10.9 Å². The van der Waals surface area contributed by atoms with E-state index >= 15 is 4.39 Å². The highest BCUT2D eigenvalue weighted by molar-refractivity contribution is 5.93. The van der Waals surface area contributed by atoms with Crippen LogP contribution in [-0.4, -0.2) is 47.7 Å². The summed E-state index contributed by atoms with van der Waals surface area (Å²) in [4.78, 5) is 24.7. The molecule has 1 saturated heterocycles. The molecule has 0 bridgehead atoms. The van der Waals surface area contributed by atoms with E-state index < -0.39 is 52.1 Å². The zero-order valence-electron chi connectivity index (χ0n) is 14.3. The highest BCUT2D eigenvalue weighted by Gasteiger charge is 2.31. The van der Waals surface area contributed by atoms with Crippen LogP contribution in [0.15, 0.2) is 17.1 Å². The van der Waals surface area contributed by atoms with Gasteiger partial charge in [0.25, 0.3) is 6.43 Å². The number of rotatable bonds is 4. The molecule has 6 nitrogen and oxygen atoms in total. The summed E-state index contributed by atoms with van der Waals surface area (Å²) in [6.07, 6.45) is -1.70. The number of pyridine rings is 1. The van der Waals surface area contributed by atoms with E-state index in [1.165, 1.54) is 9.47 Å². The van der Waals surface area contributed by atoms with Crippen LogP contribution in [0.4, 0.5) is 23.2 Å². The molecule has 2 N–H and O–H groups in total. The fourth-order valence-corrected chi connectivity index (χ4v) is 3.32. The van der Waals surface area contributed by atoms with Gasteiger partial charge in [-0.1, -0.05) is 0 Å². The van der Waals surface area contributed by atoms with Crippen molar-refractivity contribution in [3.05, 3.63) is 39.7 Å². The first-order valence-electron chi connectivity index (χ1n) is 8.31. The molecule has 0 amide bonds. The Morgan fingerprint density at radius 2 is 2.11 bits per heavy atom. The second kappa shape index (κ2) is 7.18. The quantitative estimate of drug-likeness (QED) is 0.786. The van der Waals surface area contributed by atoms with Gasteiger partial charge in [-0.2, -0.15) is 0 Å². The van der Waals surface area contributed by atoms with Gasteiger partial charge in [-0.25, -0.2) is 22.4 Å². The van der Waals surface area contributed by atoms with Crippen molar-refractivity contribution in [3.63, 3.8) is 0 Å². The monoisotopic (exact) mass is 387 g/mol. The second-order valence-corrected chi connectivity index (χ2v) is 6.22. The number of aromatic nitrogens is 1. The van der Waals surface area contributed by atoms with Crippen molar-refractivity contribution >= 4 is 22.6 Å². The van der Waals surface area contributed by atoms with E-state index in [1.807, 2.05) is 0 Å². The minimum Gasteiger partial charge on any atom is -0.477 e. The lowest BCUT2D eigenvalue weighted by Gasteiger charge is -2.35. The van der Waals surface area contributed by atoms with E-state index in [0.29, 0.717) is 0 Å². The molecule has 1 aliphatic heterocycles. The normalized spacial score (nSPS) is 17.7. The Hall–Kier alpha value is -2.62. The fourth-order valence-electron chi connectivity index (χ4n) is 3.32. The lowest BCUT2D eigenvalue weighted by atomic mass is 10.1. The van der Waals surface area contributed by atoms with E-state index in [9.17, 15) is 22.8 Å². The number of halogens is 4. The van der Waals surface area contributed by atoms with Gasteiger partial charge in [0.2, 0.25) is 5.43 Å². The van der Waals surface area contributed by atoms with Crippen molar-refractivity contribution in [1.82, 2.24) is 9.88 Å². The smallest absolute Gasteiger partial charge is 0.341 e. The third-order valence-corrected chi connectivity index (χ3v) is 4.63. The Bertz CT molecular complexity index is 961. The Kier molecular flexibility index (Phi) is 5.09. The number of alkyl halides is 2. The number of hydrogen-bond acceptors (Lipinski definition) is 4. The molecule has 27 heavy (non-hydrogen) atoms. The number of carbonyl (C=O) groups is 1. The summed E-state index contributed by atoms with van der Waals surface area (Å²) in [6, 6.07) is -0.468. The first-order valence-corrected chi connectivity index (χ1v) is 8.31. The SMILES string of the molecule is CCn1cc(C(=O)O)c(=O)c2cc(F)c(N3CCNC(C(F)F)C3)c(F)c21. The molecule has 1 fully saturated rings. The van der Waals surface area contributed by atoms with Crippen molar-refractivity contribution in [2.24, 2.45) is 0 Å². The number of nitrogens with zero attached hydrogens (tertiary/aromatic N) is 2. The summed E-state index contributed by atoms with van der Waals surface area (Å²) < 4.78 is 57.0. The molecular formula is C17H17F4N3O3. The van der Waals surface area contributed by atoms with Gasteiger partial charge in [0.05, 0.1) is 16.9 Å². The highest BCUT2D eigenvalue weighted by Crippen LogP contribution is 2.31. The van der Waals surface area contributed by atoms with Crippen LogP contribution in [-0.2, 0) is 6.54 Å². The number of anilines is 1. The number of aryl methyl sites for hydroxylation is 1. The molecule has 1 aromatic heterocycles. The number of hydrogen-bond donors (Lipinski definition) is 2. The van der Waals surface area contributed by atoms with Crippen LogP contribution in [0.1, 0.15) is 17.3 Å². The topological polar surface area (TPSA) is 74.6 Å². The van der Waals surface area contributed by atoms with Crippen molar-refractivity contribution in [2.45, 2.75) is 25.9 Å². The maximum Gasteiger partial charge on any atom is 0.341 e. The first-order chi connectivity index (χ1) is 12.8. The summed E-state index contributed by atoms with van der Waals surface area (Å²) in [6.45, 7) is 1.65. The number of piperazine rings is 1. The van der Waals surface area contributed by atoms with Gasteiger partial charge < -0.3 is 19.9 Å². The summed E-state index contributed by atoms with van der Waals surface area (Å²) in [5, 5.41) is 11.3. The Morgan fingerprint density at radius 1 is 1.41 bits per heavy atom. The van der Waals surface area contributed by atoms with Crippen molar-refractivity contribution < 1.29 is 27.5 Å². The van der Waals surface area contributed by atoms with E-state index in [0.717, 1.165) is 12.3 Å². The molecule has 0 spiro atoms. The van der Waals surface area contributed by atoms with E-state index in [1.54, 1.807) is 6.92 Å². The number of carboxylic acids is 1. The summed E-state index contributed by atoms with van der Waals surface area (Å²) in [7, 11) is 0. The van der Waals surface area contributed by atoms with E-state index in [4.69, 9.17) is 5.11 Å². The van der Waals surface area contributed by atoms with Gasteiger partial charge in [0, 0.05) is 32.4 Å². The standard InChI is InChI=1S/C17H17F4N3O3/c1-2-23-6-9(17(26)27)15(25)8-5-10(18)14(12(19)13(8)23)24-4-3-22-11(7-24)16(20)21/h5-6,11,16,22H,2-4,7H2,1H3,(H,26,27). The molecule has 0 aliphatic carbocycles. The van der Waals surface area contributed by atoms with Crippen LogP contribution in [0.5, 0.6) is 0 Å².